The van der Waals surface area contributed by atoms with Crippen LogP contribution in [0.3, 0.4) is 0 Å². The molecule has 4 nitrogen and oxygen atoms in total. The average Bonchev–Trinajstić information content (AvgIpc) is 2.41. The first-order valence-electron chi connectivity index (χ1n) is 5.67. The lowest BCUT2D eigenvalue weighted by atomic mass is 10.1. The van der Waals surface area contributed by atoms with Crippen molar-refractivity contribution in [1.82, 2.24) is 0 Å². The topological polar surface area (TPSA) is 66.4 Å². The molecule has 0 aliphatic rings. The molecular weight excluding hydrogens is 365 g/mol. The number of hydrogen-bond donors (Lipinski definition) is 2. The average molecular weight is 373 g/mol. The fourth-order valence-electron chi connectivity index (χ4n) is 1.63. The van der Waals surface area contributed by atoms with E-state index in [1.54, 1.807) is 0 Å². The van der Waals surface area contributed by atoms with Crippen LogP contribution < -0.4 is 5.32 Å². The van der Waals surface area contributed by atoms with Crippen molar-refractivity contribution in [2.24, 2.45) is 0 Å². The van der Waals surface area contributed by atoms with Gasteiger partial charge in [0, 0.05) is 15.7 Å². The minimum absolute atomic E-state index is 0.0157. The molecule has 7 heteroatoms. The van der Waals surface area contributed by atoms with Gasteiger partial charge in [0.2, 0.25) is 0 Å². The molecule has 0 unspecified atom stereocenters. The fourth-order valence-corrected chi connectivity index (χ4v) is 2.24. The number of carbonyl (C=O) groups is 2. The highest BCUT2D eigenvalue weighted by molar-refractivity contribution is 9.10. The molecule has 0 saturated heterocycles. The lowest BCUT2D eigenvalue weighted by Crippen LogP contribution is -2.12. The molecule has 0 aromatic heterocycles. The zero-order valence-electron chi connectivity index (χ0n) is 10.4. The Hall–Kier alpha value is -1.92. The summed E-state index contributed by atoms with van der Waals surface area (Å²) in [6.45, 7) is 0. The van der Waals surface area contributed by atoms with E-state index in [-0.39, 0.29) is 21.8 Å². The van der Waals surface area contributed by atoms with Gasteiger partial charge in [0.25, 0.3) is 5.91 Å². The Bertz CT molecular complexity index is 736. The molecule has 2 aromatic carbocycles. The van der Waals surface area contributed by atoms with Gasteiger partial charge >= 0.3 is 5.97 Å². The molecule has 2 N–H and O–H groups in total. The second kappa shape index (κ2) is 6.24. The van der Waals surface area contributed by atoms with Crippen LogP contribution in [0.4, 0.5) is 10.1 Å². The maximum absolute atomic E-state index is 13.3. The summed E-state index contributed by atoms with van der Waals surface area (Å²) < 4.78 is 13.8. The van der Waals surface area contributed by atoms with Gasteiger partial charge in [-0.3, -0.25) is 4.79 Å². The maximum Gasteiger partial charge on any atom is 0.335 e. The van der Waals surface area contributed by atoms with Crippen LogP contribution in [-0.2, 0) is 0 Å². The first-order valence-corrected chi connectivity index (χ1v) is 6.84. The Morgan fingerprint density at radius 3 is 2.48 bits per heavy atom. The van der Waals surface area contributed by atoms with E-state index in [9.17, 15) is 14.0 Å². The highest BCUT2D eigenvalue weighted by Crippen LogP contribution is 2.21. The summed E-state index contributed by atoms with van der Waals surface area (Å²) in [5.41, 5.74) is 0.373. The standard InChI is InChI=1S/C14H8BrClFNO3/c15-9-3-8(14(20)21)4-10(6-9)18-13(19)7-1-2-11(16)12(17)5-7/h1-6H,(H,18,19)(H,20,21). The molecule has 0 fully saturated rings. The normalized spacial score (nSPS) is 10.2. The number of amides is 1. The lowest BCUT2D eigenvalue weighted by molar-refractivity contribution is 0.0696. The summed E-state index contributed by atoms with van der Waals surface area (Å²) in [6, 6.07) is 7.90. The van der Waals surface area contributed by atoms with Gasteiger partial charge in [-0.2, -0.15) is 0 Å². The number of halogens is 3. The van der Waals surface area contributed by atoms with E-state index in [2.05, 4.69) is 21.2 Å². The molecule has 0 heterocycles. The molecule has 1 amide bonds. The summed E-state index contributed by atoms with van der Waals surface area (Å²) in [5.74, 6) is -2.39. The summed E-state index contributed by atoms with van der Waals surface area (Å²) in [6.07, 6.45) is 0. The second-order valence-corrected chi connectivity index (χ2v) is 5.44. The Morgan fingerprint density at radius 2 is 1.86 bits per heavy atom. The van der Waals surface area contributed by atoms with Crippen LogP contribution in [0.5, 0.6) is 0 Å². The minimum atomic E-state index is -1.12. The fraction of sp³-hybridized carbons (Fsp3) is 0. The summed E-state index contributed by atoms with van der Waals surface area (Å²) in [5, 5.41) is 11.4. The van der Waals surface area contributed by atoms with Crippen molar-refractivity contribution in [2.75, 3.05) is 5.32 Å². The molecule has 2 aromatic rings. The van der Waals surface area contributed by atoms with Crippen LogP contribution >= 0.6 is 27.5 Å². The van der Waals surface area contributed by atoms with E-state index in [1.807, 2.05) is 0 Å². The third-order valence-corrected chi connectivity index (χ3v) is 3.35. The maximum atomic E-state index is 13.3. The van der Waals surface area contributed by atoms with Gasteiger partial charge in [-0.15, -0.1) is 0 Å². The number of carboxylic acids is 1. The zero-order valence-corrected chi connectivity index (χ0v) is 12.7. The number of carbonyl (C=O) groups excluding carboxylic acids is 1. The Kier molecular flexibility index (Phi) is 4.59. The highest BCUT2D eigenvalue weighted by Gasteiger charge is 2.11. The van der Waals surface area contributed by atoms with Gasteiger partial charge in [0.15, 0.2) is 0 Å². The van der Waals surface area contributed by atoms with Gasteiger partial charge < -0.3 is 10.4 Å². The number of hydrogen-bond acceptors (Lipinski definition) is 2. The van der Waals surface area contributed by atoms with Crippen LogP contribution in [0.2, 0.25) is 5.02 Å². The first-order chi connectivity index (χ1) is 9.86. The SMILES string of the molecule is O=C(O)c1cc(Br)cc(NC(=O)c2ccc(Cl)c(F)c2)c1. The van der Waals surface area contributed by atoms with Gasteiger partial charge in [-0.25, -0.2) is 9.18 Å². The second-order valence-electron chi connectivity index (χ2n) is 4.12. The van der Waals surface area contributed by atoms with Crippen molar-refractivity contribution >= 4 is 45.1 Å². The van der Waals surface area contributed by atoms with E-state index < -0.39 is 17.7 Å². The van der Waals surface area contributed by atoms with Crippen molar-refractivity contribution in [3.63, 3.8) is 0 Å². The van der Waals surface area contributed by atoms with Crippen LogP contribution in [0.25, 0.3) is 0 Å². The predicted octanol–water partition coefficient (Wildman–Crippen LogP) is 4.19. The molecule has 0 aliphatic heterocycles. The molecule has 2 rings (SSSR count). The van der Waals surface area contributed by atoms with E-state index in [0.29, 0.717) is 4.47 Å². The third kappa shape index (κ3) is 3.80. The van der Waals surface area contributed by atoms with Crippen molar-refractivity contribution in [1.29, 1.82) is 0 Å². The molecule has 0 saturated carbocycles. The number of rotatable bonds is 3. The predicted molar refractivity (Wildman–Crippen MR) is 80.5 cm³/mol. The number of nitrogens with one attached hydrogen (secondary N) is 1. The first kappa shape index (κ1) is 15.5. The van der Waals surface area contributed by atoms with Crippen LogP contribution in [0, 0.1) is 5.82 Å². The monoisotopic (exact) mass is 371 g/mol. The number of benzene rings is 2. The smallest absolute Gasteiger partial charge is 0.335 e. The molecule has 108 valence electrons. The zero-order chi connectivity index (χ0) is 15.6. The Labute approximate surface area is 132 Å². The molecular formula is C14H8BrClFNO3. The van der Waals surface area contributed by atoms with E-state index in [0.717, 1.165) is 6.07 Å². The van der Waals surface area contributed by atoms with Gasteiger partial charge in [0.05, 0.1) is 10.6 Å². The van der Waals surface area contributed by atoms with Crippen LogP contribution in [0.15, 0.2) is 40.9 Å². The largest absolute Gasteiger partial charge is 0.478 e. The highest BCUT2D eigenvalue weighted by atomic mass is 79.9. The molecule has 0 atom stereocenters. The Morgan fingerprint density at radius 1 is 1.14 bits per heavy atom. The molecule has 21 heavy (non-hydrogen) atoms. The molecule has 0 bridgehead atoms. The number of anilines is 1. The molecule has 0 spiro atoms. The van der Waals surface area contributed by atoms with Crippen LogP contribution in [0.1, 0.15) is 20.7 Å². The van der Waals surface area contributed by atoms with E-state index in [4.69, 9.17) is 16.7 Å². The van der Waals surface area contributed by atoms with Gasteiger partial charge in [0.1, 0.15) is 5.82 Å². The minimum Gasteiger partial charge on any atom is -0.478 e. The van der Waals surface area contributed by atoms with Crippen molar-refractivity contribution < 1.29 is 19.1 Å². The van der Waals surface area contributed by atoms with E-state index >= 15 is 0 Å². The third-order valence-electron chi connectivity index (χ3n) is 2.58. The summed E-state index contributed by atoms with van der Waals surface area (Å²) in [4.78, 5) is 22.9. The number of aromatic carboxylic acids is 1. The Balaban J connectivity index is 2.27. The molecule has 0 aliphatic carbocycles. The van der Waals surface area contributed by atoms with Crippen molar-refractivity contribution in [3.05, 3.63) is 62.8 Å². The quantitative estimate of drug-likeness (QED) is 0.849. The number of carboxylic acid groups (broad SMARTS) is 1. The van der Waals surface area contributed by atoms with Gasteiger partial charge in [-0.05, 0) is 36.4 Å². The van der Waals surface area contributed by atoms with E-state index in [1.165, 1.54) is 30.3 Å². The molecule has 0 radical (unpaired) electrons. The van der Waals surface area contributed by atoms with Crippen LogP contribution in [-0.4, -0.2) is 17.0 Å². The van der Waals surface area contributed by atoms with Crippen molar-refractivity contribution in [3.8, 4) is 0 Å². The summed E-state index contributed by atoms with van der Waals surface area (Å²) in [7, 11) is 0. The summed E-state index contributed by atoms with van der Waals surface area (Å²) >= 11 is 8.70. The van der Waals surface area contributed by atoms with Gasteiger partial charge in [-0.1, -0.05) is 27.5 Å². The lowest BCUT2D eigenvalue weighted by Gasteiger charge is -2.07. The van der Waals surface area contributed by atoms with Crippen molar-refractivity contribution in [2.45, 2.75) is 0 Å².